The number of ether oxygens (including phenoxy) is 2. The summed E-state index contributed by atoms with van der Waals surface area (Å²) in [7, 11) is -0.554. The monoisotopic (exact) mass is 676 g/mol. The minimum absolute atomic E-state index is 0.00193. The van der Waals surface area contributed by atoms with Crippen molar-refractivity contribution < 1.29 is 28.3 Å². The van der Waals surface area contributed by atoms with Crippen LogP contribution in [-0.4, -0.2) is 51.5 Å². The Morgan fingerprint density at radius 2 is 1.74 bits per heavy atom. The number of allylic oxidation sites excluding steroid dienone is 5. The van der Waals surface area contributed by atoms with Gasteiger partial charge in [-0.15, -0.1) is 0 Å². The van der Waals surface area contributed by atoms with Crippen LogP contribution in [-0.2, 0) is 28.3 Å². The molecule has 0 aromatic heterocycles. The SMILES string of the molecule is COC1=CC[C@@H]([C@@H](C)/C=C(C)/C=C\C=C/C(=O)N[C@H](C(=O)N/C=C\C[C@@H](C/C=C(\C)Cl)O[Si](C)(C)C(C)(C)C)C(C)(C)C)OC1=O. The van der Waals surface area contributed by atoms with Crippen LogP contribution in [0.25, 0.3) is 0 Å². The number of hydrogen-bond donors (Lipinski definition) is 2. The van der Waals surface area contributed by atoms with Crippen molar-refractivity contribution in [3.05, 3.63) is 71.2 Å². The third kappa shape index (κ3) is 14.7. The number of carbonyl (C=O) groups excluding carboxylic acids is 3. The van der Waals surface area contributed by atoms with Crippen molar-refractivity contribution >= 4 is 37.7 Å². The largest absolute Gasteiger partial charge is 0.490 e. The van der Waals surface area contributed by atoms with E-state index in [2.05, 4.69) is 44.5 Å². The molecule has 0 spiro atoms. The lowest BCUT2D eigenvalue weighted by atomic mass is 9.86. The van der Waals surface area contributed by atoms with Crippen LogP contribution >= 0.6 is 11.6 Å². The van der Waals surface area contributed by atoms with Gasteiger partial charge in [0, 0.05) is 23.4 Å². The summed E-state index contributed by atoms with van der Waals surface area (Å²) in [5.74, 6) is -0.899. The van der Waals surface area contributed by atoms with E-state index in [0.717, 1.165) is 10.6 Å². The van der Waals surface area contributed by atoms with Crippen molar-refractivity contribution in [1.29, 1.82) is 0 Å². The van der Waals surface area contributed by atoms with Crippen LogP contribution < -0.4 is 10.6 Å². The van der Waals surface area contributed by atoms with E-state index in [9.17, 15) is 14.4 Å². The highest BCUT2D eigenvalue weighted by Gasteiger charge is 2.39. The molecule has 1 rings (SSSR count). The van der Waals surface area contributed by atoms with Gasteiger partial charge in [-0.1, -0.05) is 102 Å². The van der Waals surface area contributed by atoms with Gasteiger partial charge in [-0.2, -0.15) is 0 Å². The molecule has 4 atom stereocenters. The molecule has 1 aliphatic rings. The zero-order valence-electron chi connectivity index (χ0n) is 30.0. The maximum atomic E-state index is 13.1. The number of halogens is 1. The van der Waals surface area contributed by atoms with E-state index in [1.165, 1.54) is 13.2 Å². The fourth-order valence-electron chi connectivity index (χ4n) is 4.36. The second kappa shape index (κ2) is 18.5. The minimum atomic E-state index is -2.00. The van der Waals surface area contributed by atoms with E-state index in [4.69, 9.17) is 25.5 Å². The number of esters is 1. The van der Waals surface area contributed by atoms with E-state index in [-0.39, 0.29) is 40.7 Å². The smallest absolute Gasteiger partial charge is 0.373 e. The molecule has 46 heavy (non-hydrogen) atoms. The van der Waals surface area contributed by atoms with Gasteiger partial charge in [-0.25, -0.2) is 4.79 Å². The van der Waals surface area contributed by atoms with Crippen LogP contribution in [0.1, 0.15) is 81.6 Å². The lowest BCUT2D eigenvalue weighted by molar-refractivity contribution is -0.151. The summed E-state index contributed by atoms with van der Waals surface area (Å²) in [5, 5.41) is 6.46. The van der Waals surface area contributed by atoms with Gasteiger partial charge in [-0.05, 0) is 62.5 Å². The average Bonchev–Trinajstić information content (AvgIpc) is 2.93. The number of hydrogen-bond acceptors (Lipinski definition) is 6. The molecule has 1 heterocycles. The molecule has 0 aliphatic carbocycles. The standard InChI is InChI=1S/C36H57ClN2O6Si/c1-25(24-26(2)29-21-22-30(43-10)34(42)44-29)16-13-14-18-31(40)39-32(35(4,5)6)33(41)38-23-15-17-28(20-19-27(3)37)45-46(11,12)36(7,8)9/h13-16,18-19,22-24,26,28-29,32H,17,20-21H2,1-12H3,(H,38,41)(H,39,40)/b16-13-,18-14-,23-15-,25-24+,27-19+/t26-,28-,29-,32+/m0/s1. The van der Waals surface area contributed by atoms with Gasteiger partial charge in [-0.3, -0.25) is 9.59 Å². The van der Waals surface area contributed by atoms with Gasteiger partial charge in [0.2, 0.25) is 11.8 Å². The molecule has 1 aliphatic heterocycles. The summed E-state index contributed by atoms with van der Waals surface area (Å²) >= 11 is 6.09. The predicted octanol–water partition coefficient (Wildman–Crippen LogP) is 8.00. The Hall–Kier alpha value is -2.88. The van der Waals surface area contributed by atoms with E-state index < -0.39 is 25.7 Å². The van der Waals surface area contributed by atoms with Gasteiger partial charge in [0.15, 0.2) is 14.1 Å². The van der Waals surface area contributed by atoms with E-state index in [1.807, 2.05) is 65.8 Å². The van der Waals surface area contributed by atoms with Gasteiger partial charge in [0.25, 0.3) is 0 Å². The molecular formula is C36H57ClN2O6Si. The molecule has 0 fully saturated rings. The Kier molecular flexibility index (Phi) is 16.5. The molecule has 0 aromatic rings. The van der Waals surface area contributed by atoms with Crippen LogP contribution in [0.2, 0.25) is 18.1 Å². The van der Waals surface area contributed by atoms with E-state index >= 15 is 0 Å². The van der Waals surface area contributed by atoms with Crippen molar-refractivity contribution in [2.24, 2.45) is 11.3 Å². The number of methoxy groups -OCH3 is 1. The number of carbonyl (C=O) groups is 3. The first-order chi connectivity index (χ1) is 21.2. The van der Waals surface area contributed by atoms with Crippen molar-refractivity contribution in [3.63, 3.8) is 0 Å². The number of cyclic esters (lactones) is 1. The molecule has 0 saturated carbocycles. The molecule has 0 unspecified atom stereocenters. The zero-order chi connectivity index (χ0) is 35.3. The van der Waals surface area contributed by atoms with Crippen molar-refractivity contribution in [2.75, 3.05) is 7.11 Å². The number of nitrogens with one attached hydrogen (secondary N) is 2. The molecule has 0 bridgehead atoms. The topological polar surface area (TPSA) is 103 Å². The molecule has 0 saturated heterocycles. The molecule has 10 heteroatoms. The van der Waals surface area contributed by atoms with Crippen molar-refractivity contribution in [1.82, 2.24) is 10.6 Å². The van der Waals surface area contributed by atoms with Crippen LogP contribution in [0.15, 0.2) is 71.2 Å². The Labute approximate surface area is 283 Å². The normalized spacial score (nSPS) is 19.2. The third-order valence-electron chi connectivity index (χ3n) is 8.13. The molecule has 2 amide bonds. The maximum absolute atomic E-state index is 13.1. The van der Waals surface area contributed by atoms with Crippen molar-refractivity contribution in [2.45, 2.75) is 118 Å². The summed E-state index contributed by atoms with van der Waals surface area (Å²) in [6.45, 7) is 22.5. The molecule has 0 radical (unpaired) electrons. The van der Waals surface area contributed by atoms with E-state index in [1.54, 1.807) is 24.4 Å². The predicted molar refractivity (Wildman–Crippen MR) is 190 cm³/mol. The summed E-state index contributed by atoms with van der Waals surface area (Å²) in [4.78, 5) is 37.8. The number of rotatable bonds is 15. The average molecular weight is 677 g/mol. The maximum Gasteiger partial charge on any atom is 0.373 e. The minimum Gasteiger partial charge on any atom is -0.490 e. The van der Waals surface area contributed by atoms with E-state index in [0.29, 0.717) is 19.3 Å². The van der Waals surface area contributed by atoms with Crippen LogP contribution in [0, 0.1) is 11.3 Å². The molecular weight excluding hydrogens is 620 g/mol. The van der Waals surface area contributed by atoms with Gasteiger partial charge >= 0.3 is 5.97 Å². The summed E-state index contributed by atoms with van der Waals surface area (Å²) in [5.41, 5.74) is 0.435. The first-order valence-electron chi connectivity index (χ1n) is 15.9. The molecule has 2 N–H and O–H groups in total. The van der Waals surface area contributed by atoms with Crippen LogP contribution in [0.3, 0.4) is 0 Å². The second-order valence-corrected chi connectivity index (χ2v) is 19.8. The fourth-order valence-corrected chi connectivity index (χ4v) is 5.82. The Morgan fingerprint density at radius 3 is 2.28 bits per heavy atom. The van der Waals surface area contributed by atoms with Gasteiger partial charge in [0.1, 0.15) is 12.1 Å². The molecule has 8 nitrogen and oxygen atoms in total. The Bertz CT molecular complexity index is 1230. The van der Waals surface area contributed by atoms with Crippen LogP contribution in [0.5, 0.6) is 0 Å². The lowest BCUT2D eigenvalue weighted by Crippen LogP contribution is -2.52. The Morgan fingerprint density at radius 1 is 1.11 bits per heavy atom. The van der Waals surface area contributed by atoms with Gasteiger partial charge < -0.3 is 24.5 Å². The van der Waals surface area contributed by atoms with Crippen molar-refractivity contribution in [3.8, 4) is 0 Å². The summed E-state index contributed by atoms with van der Waals surface area (Å²) < 4.78 is 17.1. The van der Waals surface area contributed by atoms with Gasteiger partial charge in [0.05, 0.1) is 13.2 Å². The molecule has 0 aromatic carbocycles. The highest BCUT2D eigenvalue weighted by Crippen LogP contribution is 2.38. The highest BCUT2D eigenvalue weighted by atomic mass is 35.5. The quantitative estimate of drug-likeness (QED) is 0.0789. The molecule has 258 valence electrons. The first-order valence-corrected chi connectivity index (χ1v) is 19.2. The van der Waals surface area contributed by atoms with Crippen LogP contribution in [0.4, 0.5) is 0 Å². The highest BCUT2D eigenvalue weighted by molar-refractivity contribution is 6.74. The fraction of sp³-hybridized carbons (Fsp3) is 0.583. The zero-order valence-corrected chi connectivity index (χ0v) is 31.7. The second-order valence-electron chi connectivity index (χ2n) is 14.4. The number of amides is 2. The summed E-state index contributed by atoms with van der Waals surface area (Å²) in [6.07, 6.45) is 17.4. The lowest BCUT2D eigenvalue weighted by Gasteiger charge is -2.39. The third-order valence-corrected chi connectivity index (χ3v) is 12.8. The first kappa shape index (κ1) is 41.1. The Balaban J connectivity index is 2.79. The summed E-state index contributed by atoms with van der Waals surface area (Å²) in [6, 6.07) is -0.757.